The molecular weight excluding hydrogens is 392 g/mol. The first-order chi connectivity index (χ1) is 14.9. The summed E-state index contributed by atoms with van der Waals surface area (Å²) in [7, 11) is 3.38. The third-order valence-corrected chi connectivity index (χ3v) is 5.22. The fourth-order valence-electron chi connectivity index (χ4n) is 3.67. The van der Waals surface area contributed by atoms with Gasteiger partial charge in [0, 0.05) is 30.3 Å². The second kappa shape index (κ2) is 8.10. The first-order valence-corrected chi connectivity index (χ1v) is 9.94. The van der Waals surface area contributed by atoms with Crippen molar-refractivity contribution in [1.29, 1.82) is 0 Å². The Bertz CT molecular complexity index is 1330. The standard InChI is InChI=1S/C24H24N4O3/c1-15-5-10-19-21(11-15)28(14-23(29)25-22-12-16(2)26-27(22)3)13-20(24(19)30)17-6-8-18(31-4)9-7-17/h5-13H,14H2,1-4H3,(H,25,29). The van der Waals surface area contributed by atoms with Crippen LogP contribution in [0.2, 0.25) is 0 Å². The van der Waals surface area contributed by atoms with Crippen LogP contribution in [0, 0.1) is 13.8 Å². The van der Waals surface area contributed by atoms with Crippen molar-refractivity contribution in [2.24, 2.45) is 7.05 Å². The Morgan fingerprint density at radius 1 is 1.10 bits per heavy atom. The molecular formula is C24H24N4O3. The monoisotopic (exact) mass is 416 g/mol. The number of aromatic nitrogens is 3. The first-order valence-electron chi connectivity index (χ1n) is 9.94. The van der Waals surface area contributed by atoms with Crippen LogP contribution in [-0.4, -0.2) is 27.4 Å². The van der Waals surface area contributed by atoms with Crippen molar-refractivity contribution in [2.45, 2.75) is 20.4 Å². The lowest BCUT2D eigenvalue weighted by atomic mass is 10.0. The molecule has 2 heterocycles. The van der Waals surface area contributed by atoms with Gasteiger partial charge in [-0.25, -0.2) is 0 Å². The van der Waals surface area contributed by atoms with Crippen LogP contribution in [0.25, 0.3) is 22.0 Å². The van der Waals surface area contributed by atoms with Gasteiger partial charge in [-0.1, -0.05) is 18.2 Å². The smallest absolute Gasteiger partial charge is 0.245 e. The molecule has 0 unspecified atom stereocenters. The summed E-state index contributed by atoms with van der Waals surface area (Å²) >= 11 is 0. The van der Waals surface area contributed by atoms with E-state index in [1.165, 1.54) is 0 Å². The van der Waals surface area contributed by atoms with E-state index in [1.807, 2.05) is 66.9 Å². The number of nitrogens with zero attached hydrogens (tertiary/aromatic N) is 3. The normalized spacial score (nSPS) is 11.0. The highest BCUT2D eigenvalue weighted by Crippen LogP contribution is 2.23. The van der Waals surface area contributed by atoms with E-state index in [0.717, 1.165) is 22.3 Å². The van der Waals surface area contributed by atoms with Gasteiger partial charge in [0.1, 0.15) is 18.1 Å². The van der Waals surface area contributed by atoms with Crippen molar-refractivity contribution in [1.82, 2.24) is 14.3 Å². The highest BCUT2D eigenvalue weighted by atomic mass is 16.5. The topological polar surface area (TPSA) is 78.2 Å². The number of hydrogen-bond donors (Lipinski definition) is 1. The third-order valence-electron chi connectivity index (χ3n) is 5.22. The molecule has 0 atom stereocenters. The van der Waals surface area contributed by atoms with E-state index in [-0.39, 0.29) is 17.9 Å². The number of pyridine rings is 1. The minimum Gasteiger partial charge on any atom is -0.497 e. The number of rotatable bonds is 5. The molecule has 4 aromatic rings. The molecule has 158 valence electrons. The quantitative estimate of drug-likeness (QED) is 0.539. The molecule has 0 saturated heterocycles. The summed E-state index contributed by atoms with van der Waals surface area (Å²) in [4.78, 5) is 26.0. The van der Waals surface area contributed by atoms with E-state index in [0.29, 0.717) is 22.5 Å². The number of amides is 1. The van der Waals surface area contributed by atoms with Gasteiger partial charge in [0.2, 0.25) is 5.91 Å². The van der Waals surface area contributed by atoms with Gasteiger partial charge in [-0.05, 0) is 49.2 Å². The number of aryl methyl sites for hydroxylation is 3. The van der Waals surface area contributed by atoms with E-state index in [2.05, 4.69) is 10.4 Å². The van der Waals surface area contributed by atoms with Crippen LogP contribution in [-0.2, 0) is 18.4 Å². The summed E-state index contributed by atoms with van der Waals surface area (Å²) < 4.78 is 8.67. The molecule has 2 aromatic heterocycles. The summed E-state index contributed by atoms with van der Waals surface area (Å²) in [6, 6.07) is 14.8. The molecule has 7 nitrogen and oxygen atoms in total. The van der Waals surface area contributed by atoms with Gasteiger partial charge in [-0.3, -0.25) is 14.3 Å². The largest absolute Gasteiger partial charge is 0.497 e. The van der Waals surface area contributed by atoms with Crippen LogP contribution in [0.3, 0.4) is 0 Å². The molecule has 31 heavy (non-hydrogen) atoms. The van der Waals surface area contributed by atoms with E-state index < -0.39 is 0 Å². The van der Waals surface area contributed by atoms with Crippen LogP contribution >= 0.6 is 0 Å². The van der Waals surface area contributed by atoms with Crippen molar-refractivity contribution in [3.8, 4) is 16.9 Å². The number of ether oxygens (including phenoxy) is 1. The maximum absolute atomic E-state index is 13.2. The van der Waals surface area contributed by atoms with E-state index in [1.54, 1.807) is 25.0 Å². The minimum atomic E-state index is -0.199. The Morgan fingerprint density at radius 2 is 1.84 bits per heavy atom. The molecule has 0 aliphatic carbocycles. The van der Waals surface area contributed by atoms with Crippen LogP contribution in [0.1, 0.15) is 11.3 Å². The lowest BCUT2D eigenvalue weighted by Gasteiger charge is -2.15. The summed E-state index contributed by atoms with van der Waals surface area (Å²) in [5, 5.41) is 7.72. The molecule has 0 fully saturated rings. The molecule has 1 amide bonds. The summed E-state index contributed by atoms with van der Waals surface area (Å²) in [5.74, 6) is 1.14. The number of nitrogens with one attached hydrogen (secondary N) is 1. The predicted molar refractivity (Wildman–Crippen MR) is 122 cm³/mol. The third kappa shape index (κ3) is 4.07. The minimum absolute atomic E-state index is 0.0631. The van der Waals surface area contributed by atoms with Gasteiger partial charge in [-0.15, -0.1) is 0 Å². The fourth-order valence-corrected chi connectivity index (χ4v) is 3.67. The lowest BCUT2D eigenvalue weighted by molar-refractivity contribution is -0.116. The molecule has 0 aliphatic rings. The Morgan fingerprint density at radius 3 is 2.48 bits per heavy atom. The van der Waals surface area contributed by atoms with Gasteiger partial charge < -0.3 is 14.6 Å². The van der Waals surface area contributed by atoms with Crippen LogP contribution in [0.5, 0.6) is 5.75 Å². The maximum atomic E-state index is 13.2. The van der Waals surface area contributed by atoms with E-state index in [4.69, 9.17) is 4.74 Å². The number of carbonyl (C=O) groups excluding carboxylic acids is 1. The van der Waals surface area contributed by atoms with Gasteiger partial charge in [0.15, 0.2) is 5.43 Å². The summed E-state index contributed by atoms with van der Waals surface area (Å²) in [6.07, 6.45) is 1.75. The second-order valence-electron chi connectivity index (χ2n) is 7.59. The fraction of sp³-hybridized carbons (Fsp3) is 0.208. The summed E-state index contributed by atoms with van der Waals surface area (Å²) in [6.45, 7) is 3.90. The van der Waals surface area contributed by atoms with Gasteiger partial charge >= 0.3 is 0 Å². The molecule has 0 aliphatic heterocycles. The number of anilines is 1. The van der Waals surface area contributed by atoms with Crippen molar-refractivity contribution < 1.29 is 9.53 Å². The van der Waals surface area contributed by atoms with Gasteiger partial charge in [-0.2, -0.15) is 5.10 Å². The van der Waals surface area contributed by atoms with Gasteiger partial charge in [0.25, 0.3) is 0 Å². The van der Waals surface area contributed by atoms with Crippen LogP contribution in [0.4, 0.5) is 5.82 Å². The lowest BCUT2D eigenvalue weighted by Crippen LogP contribution is -2.22. The molecule has 1 N–H and O–H groups in total. The zero-order valence-corrected chi connectivity index (χ0v) is 18.0. The zero-order valence-electron chi connectivity index (χ0n) is 18.0. The van der Waals surface area contributed by atoms with Gasteiger partial charge in [0.05, 0.1) is 18.3 Å². The molecule has 0 bridgehead atoms. The molecule has 0 saturated carbocycles. The highest BCUT2D eigenvalue weighted by molar-refractivity contribution is 5.92. The number of methoxy groups -OCH3 is 1. The van der Waals surface area contributed by atoms with Crippen molar-refractivity contribution in [2.75, 3.05) is 12.4 Å². The van der Waals surface area contributed by atoms with E-state index >= 15 is 0 Å². The number of benzene rings is 2. The average molecular weight is 416 g/mol. The number of hydrogen-bond acceptors (Lipinski definition) is 4. The average Bonchev–Trinajstić information content (AvgIpc) is 3.06. The number of fused-ring (bicyclic) bond motifs is 1. The number of carbonyl (C=O) groups is 1. The van der Waals surface area contributed by atoms with Crippen LogP contribution < -0.4 is 15.5 Å². The maximum Gasteiger partial charge on any atom is 0.245 e. The molecule has 2 aromatic carbocycles. The van der Waals surface area contributed by atoms with Crippen molar-refractivity contribution in [3.05, 3.63) is 76.2 Å². The summed E-state index contributed by atoms with van der Waals surface area (Å²) in [5.41, 5.74) is 3.79. The molecule has 7 heteroatoms. The second-order valence-corrected chi connectivity index (χ2v) is 7.59. The molecule has 4 rings (SSSR count). The van der Waals surface area contributed by atoms with Crippen molar-refractivity contribution >= 4 is 22.6 Å². The molecule has 0 radical (unpaired) electrons. The zero-order chi connectivity index (χ0) is 22.1. The predicted octanol–water partition coefficient (Wildman–Crippen LogP) is 3.67. The Kier molecular flexibility index (Phi) is 5.33. The highest BCUT2D eigenvalue weighted by Gasteiger charge is 2.14. The van der Waals surface area contributed by atoms with Crippen LogP contribution in [0.15, 0.2) is 59.5 Å². The SMILES string of the molecule is COc1ccc(-c2cn(CC(=O)Nc3cc(C)nn3C)c3cc(C)ccc3c2=O)cc1. The Balaban J connectivity index is 1.78. The van der Waals surface area contributed by atoms with Crippen molar-refractivity contribution in [3.63, 3.8) is 0 Å². The first kappa shape index (κ1) is 20.4. The Labute approximate surface area is 179 Å². The van der Waals surface area contributed by atoms with E-state index in [9.17, 15) is 9.59 Å². The Hall–Kier alpha value is -3.87. The molecule has 0 spiro atoms.